The fraction of sp³-hybridized carbons (Fsp3) is 0.368. The van der Waals surface area contributed by atoms with Crippen LogP contribution in [0.25, 0.3) is 0 Å². The van der Waals surface area contributed by atoms with Crippen molar-refractivity contribution in [2.75, 3.05) is 18.4 Å². The molecule has 0 bridgehead atoms. The first kappa shape index (κ1) is 18.5. The lowest BCUT2D eigenvalue weighted by atomic mass is 9.97. The number of benzene rings is 1. The van der Waals surface area contributed by atoms with Gasteiger partial charge in [0.15, 0.2) is 0 Å². The molecule has 1 aliphatic heterocycles. The number of pyridine rings is 1. The molecule has 0 atom stereocenters. The monoisotopic (exact) mass is 373 g/mol. The molecule has 0 radical (unpaired) electrons. The number of rotatable bonds is 4. The highest BCUT2D eigenvalue weighted by Crippen LogP contribution is 2.25. The van der Waals surface area contributed by atoms with E-state index in [1.807, 2.05) is 19.9 Å². The molecule has 1 N–H and O–H groups in total. The van der Waals surface area contributed by atoms with E-state index < -0.39 is 10.0 Å². The maximum Gasteiger partial charge on any atom is 0.243 e. The van der Waals surface area contributed by atoms with Crippen molar-refractivity contribution in [3.63, 3.8) is 0 Å². The average molecular weight is 373 g/mol. The second-order valence-electron chi connectivity index (χ2n) is 6.63. The molecule has 138 valence electrons. The maximum absolute atomic E-state index is 12.8. The van der Waals surface area contributed by atoms with E-state index in [9.17, 15) is 13.2 Å². The number of sulfonamides is 1. The number of anilines is 1. The molecular formula is C19H23N3O3S. The quantitative estimate of drug-likeness (QED) is 0.894. The van der Waals surface area contributed by atoms with Crippen molar-refractivity contribution in [1.82, 2.24) is 9.29 Å². The van der Waals surface area contributed by atoms with Crippen LogP contribution < -0.4 is 5.32 Å². The summed E-state index contributed by atoms with van der Waals surface area (Å²) in [4.78, 5) is 16.8. The number of piperidine rings is 1. The maximum atomic E-state index is 12.8. The topological polar surface area (TPSA) is 79.4 Å². The zero-order valence-electron chi connectivity index (χ0n) is 15.0. The predicted octanol–water partition coefficient (Wildman–Crippen LogP) is 2.74. The Bertz CT molecular complexity index is 890. The fourth-order valence-electron chi connectivity index (χ4n) is 3.05. The Kier molecular flexibility index (Phi) is 5.38. The highest BCUT2D eigenvalue weighted by Gasteiger charge is 2.32. The van der Waals surface area contributed by atoms with Gasteiger partial charge in [0.25, 0.3) is 0 Å². The minimum absolute atomic E-state index is 0.105. The predicted molar refractivity (Wildman–Crippen MR) is 100 cm³/mol. The van der Waals surface area contributed by atoms with Crippen molar-refractivity contribution < 1.29 is 13.2 Å². The van der Waals surface area contributed by atoms with Crippen molar-refractivity contribution in [3.05, 3.63) is 53.7 Å². The third kappa shape index (κ3) is 3.94. The second-order valence-corrected chi connectivity index (χ2v) is 8.57. The lowest BCUT2D eigenvalue weighted by Crippen LogP contribution is -2.41. The molecule has 1 aromatic heterocycles. The van der Waals surface area contributed by atoms with Gasteiger partial charge >= 0.3 is 0 Å². The summed E-state index contributed by atoms with van der Waals surface area (Å²) in [7, 11) is -3.52. The first-order valence-electron chi connectivity index (χ1n) is 8.67. The Hall–Kier alpha value is -2.25. The van der Waals surface area contributed by atoms with E-state index in [-0.39, 0.29) is 11.8 Å². The van der Waals surface area contributed by atoms with Gasteiger partial charge in [0.2, 0.25) is 15.9 Å². The smallest absolute Gasteiger partial charge is 0.243 e. The third-order valence-corrected chi connectivity index (χ3v) is 6.75. The lowest BCUT2D eigenvalue weighted by molar-refractivity contribution is -0.120. The fourth-order valence-corrected chi connectivity index (χ4v) is 4.60. The van der Waals surface area contributed by atoms with Crippen molar-refractivity contribution in [2.45, 2.75) is 31.6 Å². The van der Waals surface area contributed by atoms with Gasteiger partial charge in [-0.1, -0.05) is 12.1 Å². The minimum Gasteiger partial charge on any atom is -0.310 e. The van der Waals surface area contributed by atoms with Gasteiger partial charge in [-0.3, -0.25) is 4.79 Å². The van der Waals surface area contributed by atoms with Gasteiger partial charge in [0, 0.05) is 25.2 Å². The summed E-state index contributed by atoms with van der Waals surface area (Å²) in [5, 5.41) is 2.79. The number of amides is 1. The number of hydrogen-bond donors (Lipinski definition) is 1. The molecule has 1 aliphatic rings. The largest absolute Gasteiger partial charge is 0.310 e. The molecule has 0 aliphatic carbocycles. The molecule has 1 aromatic carbocycles. The molecule has 1 fully saturated rings. The summed E-state index contributed by atoms with van der Waals surface area (Å²) < 4.78 is 27.1. The Labute approximate surface area is 154 Å². The number of carbonyl (C=O) groups excluding carboxylic acids is 1. The molecule has 7 heteroatoms. The number of aryl methyl sites for hydroxylation is 2. The summed E-state index contributed by atoms with van der Waals surface area (Å²) in [5.74, 6) is 0.206. The Balaban J connectivity index is 1.64. The summed E-state index contributed by atoms with van der Waals surface area (Å²) in [6.07, 6.45) is 2.62. The van der Waals surface area contributed by atoms with Gasteiger partial charge in [-0.2, -0.15) is 4.31 Å². The van der Waals surface area contributed by atoms with Crippen LogP contribution in [0.1, 0.15) is 24.0 Å². The van der Waals surface area contributed by atoms with E-state index in [0.717, 1.165) is 11.1 Å². The molecule has 1 saturated heterocycles. The van der Waals surface area contributed by atoms with Crippen LogP contribution in [0.5, 0.6) is 0 Å². The van der Waals surface area contributed by atoms with Crippen molar-refractivity contribution in [3.8, 4) is 0 Å². The normalized spacial score (nSPS) is 16.4. The van der Waals surface area contributed by atoms with Crippen LogP contribution in [0.4, 0.5) is 5.82 Å². The summed E-state index contributed by atoms with van der Waals surface area (Å²) in [5.41, 5.74) is 2.02. The molecule has 3 rings (SSSR count). The Morgan fingerprint density at radius 3 is 2.46 bits per heavy atom. The highest BCUT2D eigenvalue weighted by atomic mass is 32.2. The molecule has 0 unspecified atom stereocenters. The van der Waals surface area contributed by atoms with Crippen LogP contribution in [-0.4, -0.2) is 36.7 Å². The number of nitrogens with one attached hydrogen (secondary N) is 1. The highest BCUT2D eigenvalue weighted by molar-refractivity contribution is 7.89. The van der Waals surface area contributed by atoms with Gasteiger partial charge in [0.1, 0.15) is 5.82 Å². The molecule has 2 heterocycles. The van der Waals surface area contributed by atoms with Crippen molar-refractivity contribution >= 4 is 21.7 Å². The van der Waals surface area contributed by atoms with Crippen molar-refractivity contribution in [1.29, 1.82) is 0 Å². The molecule has 0 spiro atoms. The summed E-state index contributed by atoms with van der Waals surface area (Å²) in [6.45, 7) is 4.55. The third-order valence-electron chi connectivity index (χ3n) is 4.86. The van der Waals surface area contributed by atoms with E-state index in [2.05, 4.69) is 10.3 Å². The minimum atomic E-state index is -3.52. The number of nitrogens with zero attached hydrogens (tertiary/aromatic N) is 2. The SMILES string of the molecule is Cc1ccc(S(=O)(=O)N2CCC(C(=O)Nc3ccccn3)CC2)cc1C. The van der Waals surface area contributed by atoms with Gasteiger partial charge in [-0.05, 0) is 62.1 Å². The van der Waals surface area contributed by atoms with Crippen LogP contribution in [-0.2, 0) is 14.8 Å². The van der Waals surface area contributed by atoms with E-state index in [1.165, 1.54) is 4.31 Å². The number of carbonyl (C=O) groups is 1. The number of aromatic nitrogens is 1. The van der Waals surface area contributed by atoms with Crippen LogP contribution in [0.3, 0.4) is 0 Å². The number of hydrogen-bond acceptors (Lipinski definition) is 4. The van der Waals surface area contributed by atoms with Crippen molar-refractivity contribution in [2.24, 2.45) is 5.92 Å². The standard InChI is InChI=1S/C19H23N3O3S/c1-14-6-7-17(13-15(14)2)26(24,25)22-11-8-16(9-12-22)19(23)21-18-5-3-4-10-20-18/h3-7,10,13,16H,8-9,11-12H2,1-2H3,(H,20,21,23). The van der Waals surface area contributed by atoms with E-state index in [4.69, 9.17) is 0 Å². The Morgan fingerprint density at radius 2 is 1.85 bits per heavy atom. The second kappa shape index (κ2) is 7.55. The zero-order valence-corrected chi connectivity index (χ0v) is 15.8. The molecular weight excluding hydrogens is 350 g/mol. The van der Waals surface area contributed by atoms with Crippen LogP contribution in [0.15, 0.2) is 47.5 Å². The Morgan fingerprint density at radius 1 is 1.12 bits per heavy atom. The van der Waals surface area contributed by atoms with Gasteiger partial charge in [0.05, 0.1) is 4.90 Å². The first-order chi connectivity index (χ1) is 12.4. The van der Waals surface area contributed by atoms with Gasteiger partial charge in [-0.15, -0.1) is 0 Å². The van der Waals surface area contributed by atoms with E-state index in [1.54, 1.807) is 36.5 Å². The molecule has 26 heavy (non-hydrogen) atoms. The average Bonchev–Trinajstić information content (AvgIpc) is 2.65. The van der Waals surface area contributed by atoms with E-state index >= 15 is 0 Å². The van der Waals surface area contributed by atoms with Crippen LogP contribution in [0.2, 0.25) is 0 Å². The van der Waals surface area contributed by atoms with Crippen LogP contribution in [0, 0.1) is 19.8 Å². The van der Waals surface area contributed by atoms with Gasteiger partial charge in [-0.25, -0.2) is 13.4 Å². The summed E-state index contributed by atoms with van der Waals surface area (Å²) in [6, 6.07) is 10.5. The van der Waals surface area contributed by atoms with Gasteiger partial charge < -0.3 is 5.32 Å². The zero-order chi connectivity index (χ0) is 18.7. The summed E-state index contributed by atoms with van der Waals surface area (Å²) >= 11 is 0. The lowest BCUT2D eigenvalue weighted by Gasteiger charge is -2.30. The van der Waals surface area contributed by atoms with E-state index in [0.29, 0.717) is 36.6 Å². The molecule has 1 amide bonds. The molecule has 0 saturated carbocycles. The molecule has 2 aromatic rings. The molecule has 6 nitrogen and oxygen atoms in total. The first-order valence-corrected chi connectivity index (χ1v) is 10.1. The van der Waals surface area contributed by atoms with Crippen LogP contribution >= 0.6 is 0 Å².